The summed E-state index contributed by atoms with van der Waals surface area (Å²) >= 11 is 0. The monoisotopic (exact) mass is 346 g/mol. The molecule has 9 heteroatoms. The van der Waals surface area contributed by atoms with Crippen LogP contribution in [0.1, 0.15) is 23.6 Å². The molecule has 2 heterocycles. The van der Waals surface area contributed by atoms with Crippen molar-refractivity contribution < 1.29 is 22.3 Å². The van der Waals surface area contributed by atoms with Crippen LogP contribution >= 0.6 is 0 Å². The molecule has 1 aromatic carbocycles. The second kappa shape index (κ2) is 7.00. The number of halogens is 3. The van der Waals surface area contributed by atoms with Gasteiger partial charge in [0.1, 0.15) is 23.9 Å². The van der Waals surface area contributed by atoms with Gasteiger partial charge < -0.3 is 9.15 Å². The lowest BCUT2D eigenvalue weighted by atomic mass is 10.2. The van der Waals surface area contributed by atoms with Gasteiger partial charge in [-0.1, -0.05) is 6.07 Å². The van der Waals surface area contributed by atoms with E-state index in [0.29, 0.717) is 11.3 Å². The molecule has 126 valence electrons. The van der Waals surface area contributed by atoms with Crippen LogP contribution in [0.4, 0.5) is 13.2 Å². The van der Waals surface area contributed by atoms with Gasteiger partial charge in [-0.15, -0.1) is 10.2 Å². The summed E-state index contributed by atoms with van der Waals surface area (Å²) in [5, 5.41) is 15.4. The van der Waals surface area contributed by atoms with Crippen LogP contribution in [0.25, 0.3) is 11.5 Å². The molecule has 0 unspecified atom stereocenters. The van der Waals surface area contributed by atoms with Crippen molar-refractivity contribution in [2.24, 2.45) is 0 Å². The number of ether oxygens (including phenoxy) is 1. The minimum atomic E-state index is -2.91. The summed E-state index contributed by atoms with van der Waals surface area (Å²) in [5.41, 5.74) is 0.486. The summed E-state index contributed by atoms with van der Waals surface area (Å²) in [6.45, 7) is -0.173. The third kappa shape index (κ3) is 3.74. The summed E-state index contributed by atoms with van der Waals surface area (Å²) in [4.78, 5) is 3.89. The van der Waals surface area contributed by atoms with Crippen molar-refractivity contribution in [2.45, 2.75) is 13.0 Å². The highest BCUT2D eigenvalue weighted by Crippen LogP contribution is 2.24. The molecule has 0 aliphatic rings. The fourth-order valence-electron chi connectivity index (χ4n) is 1.94. The second-order valence-electron chi connectivity index (χ2n) is 4.83. The number of hydrogen-bond donors (Lipinski definition) is 0. The van der Waals surface area contributed by atoms with E-state index in [-0.39, 0.29) is 23.8 Å². The Bertz CT molecular complexity index is 937. The summed E-state index contributed by atoms with van der Waals surface area (Å²) < 4.78 is 49.1. The number of benzene rings is 1. The van der Waals surface area contributed by atoms with Crippen molar-refractivity contribution in [1.82, 2.24) is 15.2 Å². The normalized spacial score (nSPS) is 10.7. The molecule has 0 atom stereocenters. The Kier molecular flexibility index (Phi) is 4.61. The average Bonchev–Trinajstić information content (AvgIpc) is 3.11. The second-order valence-corrected chi connectivity index (χ2v) is 4.83. The van der Waals surface area contributed by atoms with E-state index >= 15 is 0 Å². The Morgan fingerprint density at radius 1 is 1.24 bits per heavy atom. The van der Waals surface area contributed by atoms with Crippen LogP contribution in [0, 0.1) is 17.1 Å². The zero-order chi connectivity index (χ0) is 17.8. The summed E-state index contributed by atoms with van der Waals surface area (Å²) in [6.07, 6.45) is -1.69. The first kappa shape index (κ1) is 16.4. The van der Waals surface area contributed by atoms with E-state index < -0.39 is 18.1 Å². The van der Waals surface area contributed by atoms with Crippen LogP contribution in [0.5, 0.6) is 5.75 Å². The Morgan fingerprint density at radius 2 is 2.08 bits per heavy atom. The molecular formula is C16H9F3N4O2. The number of nitrogens with zero attached hydrogens (tertiary/aromatic N) is 4. The van der Waals surface area contributed by atoms with E-state index in [1.807, 2.05) is 6.07 Å². The fraction of sp³-hybridized carbons (Fsp3) is 0.125. The highest BCUT2D eigenvalue weighted by Gasteiger charge is 2.18. The highest BCUT2D eigenvalue weighted by atomic mass is 19.3. The van der Waals surface area contributed by atoms with E-state index in [1.54, 1.807) is 18.2 Å². The first-order valence-corrected chi connectivity index (χ1v) is 6.96. The first-order valence-electron chi connectivity index (χ1n) is 6.96. The molecule has 0 spiro atoms. The molecule has 0 aliphatic heterocycles. The number of aromatic nitrogens is 3. The quantitative estimate of drug-likeness (QED) is 0.701. The molecule has 0 saturated carbocycles. The number of hydrogen-bond acceptors (Lipinski definition) is 6. The van der Waals surface area contributed by atoms with Gasteiger partial charge in [0.25, 0.3) is 5.89 Å². The van der Waals surface area contributed by atoms with E-state index in [1.165, 1.54) is 12.3 Å². The molecule has 0 fully saturated rings. The molecule has 3 aromatic rings. The first-order chi connectivity index (χ1) is 12.1. The summed E-state index contributed by atoms with van der Waals surface area (Å²) in [6, 6.07) is 9.39. The van der Waals surface area contributed by atoms with Crippen LogP contribution in [0.15, 0.2) is 40.9 Å². The van der Waals surface area contributed by atoms with E-state index in [2.05, 4.69) is 15.2 Å². The van der Waals surface area contributed by atoms with Crippen molar-refractivity contribution in [1.29, 1.82) is 5.26 Å². The molecule has 6 nitrogen and oxygen atoms in total. The lowest BCUT2D eigenvalue weighted by molar-refractivity contribution is 0.116. The van der Waals surface area contributed by atoms with Crippen molar-refractivity contribution in [3.8, 4) is 23.3 Å². The highest BCUT2D eigenvalue weighted by molar-refractivity contribution is 5.51. The largest absolute Gasteiger partial charge is 0.487 e. The van der Waals surface area contributed by atoms with Crippen molar-refractivity contribution in [3.05, 3.63) is 59.5 Å². The third-order valence-electron chi connectivity index (χ3n) is 3.13. The van der Waals surface area contributed by atoms with Crippen molar-refractivity contribution in [3.63, 3.8) is 0 Å². The topological polar surface area (TPSA) is 84.8 Å². The van der Waals surface area contributed by atoms with Gasteiger partial charge in [0.2, 0.25) is 5.89 Å². The van der Waals surface area contributed by atoms with Crippen molar-refractivity contribution >= 4 is 0 Å². The molecule has 0 N–H and O–H groups in total. The van der Waals surface area contributed by atoms with E-state index in [4.69, 9.17) is 14.4 Å². The minimum absolute atomic E-state index is 0.000269. The summed E-state index contributed by atoms with van der Waals surface area (Å²) in [7, 11) is 0. The predicted molar refractivity (Wildman–Crippen MR) is 77.9 cm³/mol. The molecule has 0 amide bonds. The lowest BCUT2D eigenvalue weighted by Gasteiger charge is -2.07. The number of alkyl halides is 2. The van der Waals surface area contributed by atoms with Gasteiger partial charge in [-0.2, -0.15) is 14.0 Å². The molecular weight excluding hydrogens is 337 g/mol. The van der Waals surface area contributed by atoms with Crippen molar-refractivity contribution in [2.75, 3.05) is 0 Å². The van der Waals surface area contributed by atoms with Gasteiger partial charge in [-0.3, -0.25) is 4.98 Å². The standard InChI is InChI=1S/C16H9F3N4O2/c17-12-5-10(15-22-23-16(25-15)14(18)19)7-21-13(12)8-24-11-3-1-2-9(4-11)6-20/h1-5,7,14H,8H2. The molecule has 0 saturated heterocycles. The van der Waals surface area contributed by atoms with Crippen LogP contribution in [-0.2, 0) is 6.61 Å². The van der Waals surface area contributed by atoms with Crippen LogP contribution < -0.4 is 4.74 Å². The molecule has 3 rings (SSSR count). The van der Waals surface area contributed by atoms with Gasteiger partial charge in [0, 0.05) is 6.20 Å². The van der Waals surface area contributed by atoms with Gasteiger partial charge in [-0.25, -0.2) is 4.39 Å². The van der Waals surface area contributed by atoms with Gasteiger partial charge in [-0.05, 0) is 24.3 Å². The molecule has 0 bridgehead atoms. The van der Waals surface area contributed by atoms with E-state index in [0.717, 1.165) is 6.07 Å². The Morgan fingerprint density at radius 3 is 2.76 bits per heavy atom. The fourth-order valence-corrected chi connectivity index (χ4v) is 1.94. The maximum Gasteiger partial charge on any atom is 0.314 e. The van der Waals surface area contributed by atoms with E-state index in [9.17, 15) is 13.2 Å². The van der Waals surface area contributed by atoms with Crippen LogP contribution in [-0.4, -0.2) is 15.2 Å². The predicted octanol–water partition coefficient (Wildman–Crippen LogP) is 3.66. The maximum absolute atomic E-state index is 14.1. The smallest absolute Gasteiger partial charge is 0.314 e. The van der Waals surface area contributed by atoms with Gasteiger partial charge in [0.15, 0.2) is 0 Å². The number of rotatable bonds is 5. The minimum Gasteiger partial charge on any atom is -0.487 e. The van der Waals surface area contributed by atoms with Crippen LogP contribution in [0.2, 0.25) is 0 Å². The Labute approximate surface area is 139 Å². The van der Waals surface area contributed by atoms with Crippen LogP contribution in [0.3, 0.4) is 0 Å². The maximum atomic E-state index is 14.1. The molecule has 0 radical (unpaired) electrons. The Balaban J connectivity index is 1.74. The molecule has 2 aromatic heterocycles. The number of nitriles is 1. The molecule has 25 heavy (non-hydrogen) atoms. The third-order valence-corrected chi connectivity index (χ3v) is 3.13. The van der Waals surface area contributed by atoms with Gasteiger partial charge in [0.05, 0.1) is 17.2 Å². The summed E-state index contributed by atoms with van der Waals surface area (Å²) in [5.74, 6) is -1.43. The van der Waals surface area contributed by atoms with Gasteiger partial charge >= 0.3 is 6.43 Å². The number of pyridine rings is 1. The zero-order valence-electron chi connectivity index (χ0n) is 12.5. The SMILES string of the molecule is N#Cc1cccc(OCc2ncc(-c3nnc(C(F)F)o3)cc2F)c1. The molecule has 0 aliphatic carbocycles. The lowest BCUT2D eigenvalue weighted by Crippen LogP contribution is -2.02. The average molecular weight is 346 g/mol. The zero-order valence-corrected chi connectivity index (χ0v) is 12.5. The Hall–Kier alpha value is -3.41.